The number of hydrogen-bond acceptors (Lipinski definition) is 5. The number of aromatic amines is 1. The van der Waals surface area contributed by atoms with Crippen molar-refractivity contribution in [3.8, 4) is 6.01 Å². The third kappa shape index (κ3) is 2.34. The minimum Gasteiger partial charge on any atom is -0.465 e. The molecule has 2 N–H and O–H groups in total. The fraction of sp³-hybridized carbons (Fsp3) is 0.583. The summed E-state index contributed by atoms with van der Waals surface area (Å²) in [5.74, 6) is 0. The number of aromatic nitrogens is 4. The number of H-pyrrole nitrogens is 1. The molecule has 8 nitrogen and oxygen atoms in total. The number of hydrogen-bond donors (Lipinski definition) is 2. The van der Waals surface area contributed by atoms with Crippen LogP contribution >= 0.6 is 0 Å². The van der Waals surface area contributed by atoms with Gasteiger partial charge in [0.1, 0.15) is 0 Å². The van der Waals surface area contributed by atoms with Crippen molar-refractivity contribution >= 4 is 11.2 Å². The molecule has 110 valence electrons. The quantitative estimate of drug-likeness (QED) is 0.756. The molecule has 0 bridgehead atoms. The maximum Gasteiger partial charge on any atom is 0.330 e. The SMILES string of the molecule is CCOc1nc2c(c(=O)[nH]c(=O)n2CC)n1CCCO. The van der Waals surface area contributed by atoms with Crippen LogP contribution in [-0.4, -0.2) is 37.4 Å². The number of ether oxygens (including phenoxy) is 1. The van der Waals surface area contributed by atoms with Crippen LogP contribution in [0.25, 0.3) is 11.2 Å². The number of nitrogens with one attached hydrogen (secondary N) is 1. The van der Waals surface area contributed by atoms with E-state index in [1.807, 2.05) is 6.92 Å². The summed E-state index contributed by atoms with van der Waals surface area (Å²) in [5.41, 5.74) is -0.378. The number of nitrogens with zero attached hydrogens (tertiary/aromatic N) is 3. The molecule has 0 fully saturated rings. The van der Waals surface area contributed by atoms with Crippen molar-refractivity contribution in [1.82, 2.24) is 19.1 Å². The van der Waals surface area contributed by atoms with Crippen LogP contribution < -0.4 is 16.0 Å². The van der Waals surface area contributed by atoms with Gasteiger partial charge < -0.3 is 9.84 Å². The lowest BCUT2D eigenvalue weighted by molar-refractivity contribution is 0.266. The van der Waals surface area contributed by atoms with E-state index in [-0.39, 0.29) is 12.6 Å². The van der Waals surface area contributed by atoms with Gasteiger partial charge in [0, 0.05) is 19.7 Å². The monoisotopic (exact) mass is 282 g/mol. The molecule has 2 aromatic rings. The third-order valence-electron chi connectivity index (χ3n) is 2.98. The minimum atomic E-state index is -0.494. The van der Waals surface area contributed by atoms with Crippen molar-refractivity contribution in [2.75, 3.05) is 13.2 Å². The molecule has 0 saturated heterocycles. The van der Waals surface area contributed by atoms with E-state index in [0.29, 0.717) is 37.3 Å². The zero-order valence-electron chi connectivity index (χ0n) is 11.5. The zero-order valence-corrected chi connectivity index (χ0v) is 11.5. The van der Waals surface area contributed by atoms with Gasteiger partial charge in [-0.05, 0) is 20.3 Å². The standard InChI is InChI=1S/C12H18N4O4/c1-3-15-9-8(10(18)14-11(15)19)16(6-5-7-17)12(13-9)20-4-2/h17H,3-7H2,1-2H3,(H,14,18,19). The molecule has 2 heterocycles. The fourth-order valence-corrected chi connectivity index (χ4v) is 2.12. The summed E-state index contributed by atoms with van der Waals surface area (Å²) in [6, 6.07) is 0.286. The van der Waals surface area contributed by atoms with E-state index in [4.69, 9.17) is 9.84 Å². The van der Waals surface area contributed by atoms with Crippen molar-refractivity contribution in [2.45, 2.75) is 33.4 Å². The molecular formula is C12H18N4O4. The van der Waals surface area contributed by atoms with E-state index in [1.165, 1.54) is 4.57 Å². The van der Waals surface area contributed by atoms with Crippen molar-refractivity contribution in [3.05, 3.63) is 20.8 Å². The van der Waals surface area contributed by atoms with Gasteiger partial charge in [-0.3, -0.25) is 18.9 Å². The molecule has 20 heavy (non-hydrogen) atoms. The Morgan fingerprint density at radius 2 is 2.05 bits per heavy atom. The smallest absolute Gasteiger partial charge is 0.330 e. The second-order valence-electron chi connectivity index (χ2n) is 4.23. The molecule has 0 aliphatic heterocycles. The molecular weight excluding hydrogens is 264 g/mol. The molecule has 2 rings (SSSR count). The highest BCUT2D eigenvalue weighted by Gasteiger charge is 2.18. The number of rotatable bonds is 6. The first-order valence-electron chi connectivity index (χ1n) is 6.61. The van der Waals surface area contributed by atoms with Crippen molar-refractivity contribution in [1.29, 1.82) is 0 Å². The first-order valence-corrected chi connectivity index (χ1v) is 6.61. The summed E-state index contributed by atoms with van der Waals surface area (Å²) in [6.07, 6.45) is 0.468. The molecule has 0 unspecified atom stereocenters. The summed E-state index contributed by atoms with van der Waals surface area (Å²) in [7, 11) is 0. The van der Waals surface area contributed by atoms with Gasteiger partial charge in [0.05, 0.1) is 6.61 Å². The first-order chi connectivity index (χ1) is 9.63. The zero-order chi connectivity index (χ0) is 14.7. The molecule has 2 aromatic heterocycles. The highest BCUT2D eigenvalue weighted by atomic mass is 16.5. The number of aliphatic hydroxyl groups excluding tert-OH is 1. The van der Waals surface area contributed by atoms with E-state index >= 15 is 0 Å². The number of aliphatic hydroxyl groups is 1. The summed E-state index contributed by atoms with van der Waals surface area (Å²) >= 11 is 0. The van der Waals surface area contributed by atoms with Crippen LogP contribution in [0.5, 0.6) is 6.01 Å². The Morgan fingerprint density at radius 1 is 1.30 bits per heavy atom. The molecule has 8 heteroatoms. The topological polar surface area (TPSA) is 102 Å². The molecule has 0 saturated carbocycles. The van der Waals surface area contributed by atoms with Gasteiger partial charge in [0.25, 0.3) is 11.6 Å². The van der Waals surface area contributed by atoms with Gasteiger partial charge in [-0.1, -0.05) is 0 Å². The predicted molar refractivity (Wildman–Crippen MR) is 73.2 cm³/mol. The number of aryl methyl sites for hydroxylation is 2. The van der Waals surface area contributed by atoms with Gasteiger partial charge in [-0.15, -0.1) is 0 Å². The van der Waals surface area contributed by atoms with Crippen LogP contribution in [0.4, 0.5) is 0 Å². The minimum absolute atomic E-state index is 0.00341. The Morgan fingerprint density at radius 3 is 2.65 bits per heavy atom. The lowest BCUT2D eigenvalue weighted by Crippen LogP contribution is -2.30. The molecule has 0 aromatic carbocycles. The van der Waals surface area contributed by atoms with Crippen LogP contribution in [0.3, 0.4) is 0 Å². The van der Waals surface area contributed by atoms with Gasteiger partial charge in [-0.25, -0.2) is 4.79 Å². The van der Waals surface area contributed by atoms with Gasteiger partial charge in [0.15, 0.2) is 11.2 Å². The van der Waals surface area contributed by atoms with E-state index in [0.717, 1.165) is 0 Å². The fourth-order valence-electron chi connectivity index (χ4n) is 2.12. The van der Waals surface area contributed by atoms with Gasteiger partial charge >= 0.3 is 5.69 Å². The van der Waals surface area contributed by atoms with Crippen LogP contribution in [-0.2, 0) is 13.1 Å². The lowest BCUT2D eigenvalue weighted by Gasteiger charge is -2.07. The number of imidazole rings is 1. The van der Waals surface area contributed by atoms with E-state index in [9.17, 15) is 9.59 Å². The maximum atomic E-state index is 12.0. The average Bonchev–Trinajstić information content (AvgIpc) is 2.76. The van der Waals surface area contributed by atoms with Crippen LogP contribution in [0.1, 0.15) is 20.3 Å². The molecule has 0 spiro atoms. The Kier molecular flexibility index (Phi) is 4.23. The largest absolute Gasteiger partial charge is 0.465 e. The Hall–Kier alpha value is -2.09. The van der Waals surface area contributed by atoms with E-state index < -0.39 is 11.2 Å². The second kappa shape index (κ2) is 5.91. The summed E-state index contributed by atoms with van der Waals surface area (Å²) in [5, 5.41) is 8.96. The van der Waals surface area contributed by atoms with E-state index in [1.54, 1.807) is 11.5 Å². The summed E-state index contributed by atoms with van der Waals surface area (Å²) in [4.78, 5) is 30.3. The number of fused-ring (bicyclic) bond motifs is 1. The van der Waals surface area contributed by atoms with Gasteiger partial charge in [0.2, 0.25) is 0 Å². The summed E-state index contributed by atoms with van der Waals surface area (Å²) in [6.45, 7) is 4.80. The maximum absolute atomic E-state index is 12.0. The Balaban J connectivity index is 2.76. The van der Waals surface area contributed by atoms with E-state index in [2.05, 4.69) is 9.97 Å². The average molecular weight is 282 g/mol. The molecule has 0 radical (unpaired) electrons. The predicted octanol–water partition coefficient (Wildman–Crippen LogP) is -0.313. The molecule has 0 amide bonds. The van der Waals surface area contributed by atoms with Crippen LogP contribution in [0, 0.1) is 0 Å². The van der Waals surface area contributed by atoms with Crippen LogP contribution in [0.15, 0.2) is 9.59 Å². The first kappa shape index (κ1) is 14.3. The lowest BCUT2D eigenvalue weighted by atomic mass is 10.4. The Bertz CT molecular complexity index is 713. The molecule has 0 aliphatic rings. The molecule has 0 atom stereocenters. The second-order valence-corrected chi connectivity index (χ2v) is 4.23. The third-order valence-corrected chi connectivity index (χ3v) is 2.98. The van der Waals surface area contributed by atoms with Crippen molar-refractivity contribution in [3.63, 3.8) is 0 Å². The van der Waals surface area contributed by atoms with Gasteiger partial charge in [-0.2, -0.15) is 4.98 Å². The Labute approximate surface area is 114 Å². The summed E-state index contributed by atoms with van der Waals surface area (Å²) < 4.78 is 8.40. The normalized spacial score (nSPS) is 11.2. The highest BCUT2D eigenvalue weighted by molar-refractivity contribution is 5.71. The van der Waals surface area contributed by atoms with Crippen molar-refractivity contribution < 1.29 is 9.84 Å². The van der Waals surface area contributed by atoms with Crippen LogP contribution in [0.2, 0.25) is 0 Å². The molecule has 0 aliphatic carbocycles. The van der Waals surface area contributed by atoms with Crippen molar-refractivity contribution in [2.24, 2.45) is 0 Å². The highest BCUT2D eigenvalue weighted by Crippen LogP contribution is 2.18.